The van der Waals surface area contributed by atoms with E-state index >= 15 is 0 Å². The summed E-state index contributed by atoms with van der Waals surface area (Å²) in [5.74, 6) is 0.677. The minimum absolute atomic E-state index is 0.191. The Bertz CT molecular complexity index is 604. The predicted molar refractivity (Wildman–Crippen MR) is 73.2 cm³/mol. The number of rotatable bonds is 2. The van der Waals surface area contributed by atoms with Crippen LogP contribution in [0.5, 0.6) is 0 Å². The van der Waals surface area contributed by atoms with Crippen LogP contribution in [-0.4, -0.2) is 9.97 Å². The predicted octanol–water partition coefficient (Wildman–Crippen LogP) is 3.44. The second-order valence-electron chi connectivity index (χ2n) is 5.10. The SMILES string of the molecule is Cc1c(C2CCC2)ccc(-c2cnc(N)cn2)c1F. The fourth-order valence-electron chi connectivity index (χ4n) is 2.54. The normalized spacial score (nSPS) is 15.3. The maximum atomic E-state index is 14.5. The molecule has 1 fully saturated rings. The molecule has 4 heteroatoms. The van der Waals surface area contributed by atoms with Crippen LogP contribution in [0.25, 0.3) is 11.3 Å². The lowest BCUT2D eigenvalue weighted by molar-refractivity contribution is 0.416. The molecule has 1 aromatic carbocycles. The maximum absolute atomic E-state index is 14.5. The molecule has 1 aliphatic carbocycles. The molecule has 1 aromatic heterocycles. The smallest absolute Gasteiger partial charge is 0.141 e. The van der Waals surface area contributed by atoms with Gasteiger partial charge in [-0.1, -0.05) is 12.5 Å². The van der Waals surface area contributed by atoms with Gasteiger partial charge in [0.25, 0.3) is 0 Å². The highest BCUT2D eigenvalue weighted by molar-refractivity contribution is 5.62. The molecule has 1 heterocycles. The van der Waals surface area contributed by atoms with Gasteiger partial charge < -0.3 is 5.73 Å². The van der Waals surface area contributed by atoms with Gasteiger partial charge >= 0.3 is 0 Å². The van der Waals surface area contributed by atoms with Crippen LogP contribution in [0.4, 0.5) is 10.2 Å². The van der Waals surface area contributed by atoms with Gasteiger partial charge in [0.1, 0.15) is 11.6 Å². The molecule has 3 nitrogen and oxygen atoms in total. The van der Waals surface area contributed by atoms with E-state index in [4.69, 9.17) is 5.73 Å². The van der Waals surface area contributed by atoms with E-state index in [0.29, 0.717) is 23.0 Å². The lowest BCUT2D eigenvalue weighted by Gasteiger charge is -2.27. The summed E-state index contributed by atoms with van der Waals surface area (Å²) in [5.41, 5.74) is 8.38. The molecule has 0 saturated heterocycles. The molecule has 19 heavy (non-hydrogen) atoms. The van der Waals surface area contributed by atoms with Crippen molar-refractivity contribution >= 4 is 5.82 Å². The number of nitrogen functional groups attached to an aromatic ring is 1. The lowest BCUT2D eigenvalue weighted by Crippen LogP contribution is -2.11. The topological polar surface area (TPSA) is 51.8 Å². The minimum Gasteiger partial charge on any atom is -0.382 e. The van der Waals surface area contributed by atoms with Gasteiger partial charge in [-0.3, -0.25) is 4.98 Å². The van der Waals surface area contributed by atoms with Crippen molar-refractivity contribution in [2.45, 2.75) is 32.1 Å². The van der Waals surface area contributed by atoms with E-state index in [1.54, 1.807) is 6.07 Å². The Hall–Kier alpha value is -1.97. The Balaban J connectivity index is 2.03. The van der Waals surface area contributed by atoms with Crippen LogP contribution >= 0.6 is 0 Å². The lowest BCUT2D eigenvalue weighted by atomic mass is 9.78. The van der Waals surface area contributed by atoms with Crippen LogP contribution in [0.1, 0.15) is 36.3 Å². The first-order valence-corrected chi connectivity index (χ1v) is 6.53. The summed E-state index contributed by atoms with van der Waals surface area (Å²) < 4.78 is 14.5. The Morgan fingerprint density at radius 3 is 2.58 bits per heavy atom. The molecule has 1 saturated carbocycles. The maximum Gasteiger partial charge on any atom is 0.141 e. The monoisotopic (exact) mass is 257 g/mol. The number of hydrogen-bond acceptors (Lipinski definition) is 3. The fourth-order valence-corrected chi connectivity index (χ4v) is 2.54. The molecular weight excluding hydrogens is 241 g/mol. The largest absolute Gasteiger partial charge is 0.382 e. The number of anilines is 1. The van der Waals surface area contributed by atoms with Gasteiger partial charge in [-0.15, -0.1) is 0 Å². The minimum atomic E-state index is -0.191. The molecule has 0 aliphatic heterocycles. The number of benzene rings is 1. The summed E-state index contributed by atoms with van der Waals surface area (Å²) in [6, 6.07) is 3.83. The Labute approximate surface area is 111 Å². The second kappa shape index (κ2) is 4.61. The molecule has 1 aliphatic rings. The summed E-state index contributed by atoms with van der Waals surface area (Å²) in [5, 5.41) is 0. The van der Waals surface area contributed by atoms with E-state index in [0.717, 1.165) is 11.1 Å². The van der Waals surface area contributed by atoms with E-state index in [1.807, 2.05) is 13.0 Å². The van der Waals surface area contributed by atoms with Crippen LogP contribution in [0.15, 0.2) is 24.5 Å². The number of halogens is 1. The highest BCUT2D eigenvalue weighted by atomic mass is 19.1. The third-order valence-electron chi connectivity index (χ3n) is 3.92. The van der Waals surface area contributed by atoms with Crippen molar-refractivity contribution in [2.75, 3.05) is 5.73 Å². The Morgan fingerprint density at radius 1 is 1.21 bits per heavy atom. The van der Waals surface area contributed by atoms with Crippen molar-refractivity contribution in [3.8, 4) is 11.3 Å². The highest BCUT2D eigenvalue weighted by Crippen LogP contribution is 2.39. The summed E-state index contributed by atoms with van der Waals surface area (Å²) >= 11 is 0. The van der Waals surface area contributed by atoms with E-state index in [9.17, 15) is 4.39 Å². The Kier molecular flexibility index (Phi) is 2.93. The van der Waals surface area contributed by atoms with Crippen LogP contribution < -0.4 is 5.73 Å². The molecule has 2 N–H and O–H groups in total. The van der Waals surface area contributed by atoms with Crippen molar-refractivity contribution < 1.29 is 4.39 Å². The molecular formula is C15H16FN3. The van der Waals surface area contributed by atoms with Crippen LogP contribution in [0, 0.1) is 12.7 Å². The quantitative estimate of drug-likeness (QED) is 0.896. The zero-order chi connectivity index (χ0) is 13.4. The zero-order valence-corrected chi connectivity index (χ0v) is 10.9. The molecule has 0 amide bonds. The van der Waals surface area contributed by atoms with Crippen molar-refractivity contribution in [3.05, 3.63) is 41.5 Å². The number of nitrogens with zero attached hydrogens (tertiary/aromatic N) is 2. The number of aromatic nitrogens is 2. The van der Waals surface area contributed by atoms with Crippen LogP contribution in [0.3, 0.4) is 0 Å². The summed E-state index contributed by atoms with van der Waals surface area (Å²) in [4.78, 5) is 8.09. The van der Waals surface area contributed by atoms with E-state index in [2.05, 4.69) is 9.97 Å². The zero-order valence-electron chi connectivity index (χ0n) is 10.9. The van der Waals surface area contributed by atoms with E-state index < -0.39 is 0 Å². The molecule has 0 spiro atoms. The van der Waals surface area contributed by atoms with Crippen LogP contribution in [-0.2, 0) is 0 Å². The molecule has 0 bridgehead atoms. The molecule has 0 unspecified atom stereocenters. The van der Waals surface area contributed by atoms with Gasteiger partial charge in [0.05, 0.1) is 18.1 Å². The van der Waals surface area contributed by atoms with Gasteiger partial charge in [-0.05, 0) is 42.9 Å². The van der Waals surface area contributed by atoms with Gasteiger partial charge in [-0.2, -0.15) is 0 Å². The van der Waals surface area contributed by atoms with Crippen LogP contribution in [0.2, 0.25) is 0 Å². The van der Waals surface area contributed by atoms with Crippen molar-refractivity contribution in [1.82, 2.24) is 9.97 Å². The average Bonchev–Trinajstić information content (AvgIpc) is 2.35. The van der Waals surface area contributed by atoms with E-state index in [1.165, 1.54) is 31.7 Å². The Morgan fingerprint density at radius 2 is 2.00 bits per heavy atom. The molecule has 2 aromatic rings. The second-order valence-corrected chi connectivity index (χ2v) is 5.10. The standard InChI is InChI=1S/C15H16FN3/c1-9-11(10-3-2-4-10)5-6-12(15(9)16)13-7-19-14(17)8-18-13/h5-8,10H,2-4H2,1H3,(H2,17,19). The third kappa shape index (κ3) is 2.07. The summed E-state index contributed by atoms with van der Waals surface area (Å²) in [7, 11) is 0. The highest BCUT2D eigenvalue weighted by Gasteiger charge is 2.23. The summed E-state index contributed by atoms with van der Waals surface area (Å²) in [6.07, 6.45) is 6.54. The number of hydrogen-bond donors (Lipinski definition) is 1. The van der Waals surface area contributed by atoms with Crippen molar-refractivity contribution in [2.24, 2.45) is 0 Å². The average molecular weight is 257 g/mol. The first-order chi connectivity index (χ1) is 9.16. The number of nitrogens with two attached hydrogens (primary N) is 1. The van der Waals surface area contributed by atoms with Crippen molar-refractivity contribution in [1.29, 1.82) is 0 Å². The third-order valence-corrected chi connectivity index (χ3v) is 3.92. The van der Waals surface area contributed by atoms with Gasteiger partial charge in [-0.25, -0.2) is 9.37 Å². The first kappa shape index (κ1) is 12.1. The van der Waals surface area contributed by atoms with Gasteiger partial charge in [0, 0.05) is 5.56 Å². The first-order valence-electron chi connectivity index (χ1n) is 6.53. The summed E-state index contributed by atoms with van der Waals surface area (Å²) in [6.45, 7) is 1.84. The van der Waals surface area contributed by atoms with Gasteiger partial charge in [0.15, 0.2) is 0 Å². The van der Waals surface area contributed by atoms with Crippen molar-refractivity contribution in [3.63, 3.8) is 0 Å². The molecule has 98 valence electrons. The van der Waals surface area contributed by atoms with Gasteiger partial charge in [0.2, 0.25) is 0 Å². The van der Waals surface area contributed by atoms with E-state index in [-0.39, 0.29) is 5.82 Å². The molecule has 0 atom stereocenters. The fraction of sp³-hybridized carbons (Fsp3) is 0.333. The molecule has 0 radical (unpaired) electrons. The molecule has 3 rings (SSSR count).